The number of thiophene rings is 2. The first-order valence-corrected chi connectivity index (χ1v) is 7.07. The van der Waals surface area contributed by atoms with Gasteiger partial charge in [0.2, 0.25) is 5.28 Å². The average Bonchev–Trinajstić information content (AvgIpc) is 2.88. The molecule has 1 N–H and O–H groups in total. The predicted molar refractivity (Wildman–Crippen MR) is 74.7 cm³/mol. The number of nitrogens with one attached hydrogen (secondary N) is 1. The fourth-order valence-corrected chi connectivity index (χ4v) is 3.61. The van der Waals surface area contributed by atoms with Crippen LogP contribution < -0.4 is 5.32 Å². The van der Waals surface area contributed by atoms with Crippen LogP contribution in [0.1, 0.15) is 9.67 Å². The Balaban J connectivity index is 1.85. The molecule has 3 rings (SSSR count). The van der Waals surface area contributed by atoms with E-state index in [9.17, 15) is 4.79 Å². The van der Waals surface area contributed by atoms with Gasteiger partial charge in [-0.3, -0.25) is 4.79 Å². The van der Waals surface area contributed by atoms with Gasteiger partial charge >= 0.3 is 0 Å². The van der Waals surface area contributed by atoms with Crippen LogP contribution in [0.5, 0.6) is 0 Å². The van der Waals surface area contributed by atoms with Crippen molar-refractivity contribution in [3.8, 4) is 0 Å². The number of anilines is 1. The molecule has 3 aromatic heterocycles. The van der Waals surface area contributed by atoms with Crippen molar-refractivity contribution in [2.24, 2.45) is 0 Å². The van der Waals surface area contributed by atoms with Gasteiger partial charge in [-0.15, -0.1) is 22.7 Å². The van der Waals surface area contributed by atoms with E-state index in [2.05, 4.69) is 15.3 Å². The lowest BCUT2D eigenvalue weighted by Crippen LogP contribution is -2.11. The number of aromatic nitrogens is 2. The minimum absolute atomic E-state index is 0.111. The first kappa shape index (κ1) is 11.6. The lowest BCUT2D eigenvalue weighted by molar-refractivity contribution is 0.103. The lowest BCUT2D eigenvalue weighted by Gasteiger charge is -2.01. The van der Waals surface area contributed by atoms with Crippen LogP contribution in [-0.4, -0.2) is 15.9 Å². The average molecular weight is 296 g/mol. The normalized spacial score (nSPS) is 10.7. The van der Waals surface area contributed by atoms with E-state index in [1.165, 1.54) is 17.5 Å². The number of fused-ring (bicyclic) bond motifs is 1. The van der Waals surface area contributed by atoms with Gasteiger partial charge in [-0.25, -0.2) is 9.97 Å². The summed E-state index contributed by atoms with van der Waals surface area (Å²) >= 11 is 8.73. The van der Waals surface area contributed by atoms with Crippen LogP contribution in [0.3, 0.4) is 0 Å². The van der Waals surface area contributed by atoms with Crippen molar-refractivity contribution < 1.29 is 4.79 Å². The maximum absolute atomic E-state index is 12.0. The van der Waals surface area contributed by atoms with Gasteiger partial charge in [0.15, 0.2) is 0 Å². The third-order valence-corrected chi connectivity index (χ3v) is 4.51. The van der Waals surface area contributed by atoms with Crippen molar-refractivity contribution in [3.05, 3.63) is 39.9 Å². The fraction of sp³-hybridized carbons (Fsp3) is 0. The molecule has 3 aromatic rings. The highest BCUT2D eigenvalue weighted by atomic mass is 35.5. The molecule has 0 saturated carbocycles. The van der Waals surface area contributed by atoms with Gasteiger partial charge in [0.05, 0.1) is 4.88 Å². The Labute approximate surface area is 115 Å². The molecule has 0 atom stereocenters. The molecule has 0 unspecified atom stereocenters. The Morgan fingerprint density at radius 1 is 1.33 bits per heavy atom. The second-order valence-corrected chi connectivity index (χ2v) is 5.79. The molecule has 4 nitrogen and oxygen atoms in total. The van der Waals surface area contributed by atoms with Crippen molar-refractivity contribution in [1.29, 1.82) is 0 Å². The molecule has 18 heavy (non-hydrogen) atoms. The molecule has 3 heterocycles. The highest BCUT2D eigenvalue weighted by molar-refractivity contribution is 7.27. The lowest BCUT2D eigenvalue weighted by atomic mass is 10.4. The number of rotatable bonds is 2. The molecule has 1 amide bonds. The van der Waals surface area contributed by atoms with E-state index in [1.54, 1.807) is 17.4 Å². The molecule has 0 saturated heterocycles. The van der Waals surface area contributed by atoms with Crippen LogP contribution in [0.2, 0.25) is 5.28 Å². The first-order valence-electron chi connectivity index (χ1n) is 4.99. The standard InChI is InChI=1S/C11H6ClN3OS2/c12-11-13-3-1-9(15-11)14-10(16)8-5-7-6(18-8)2-4-17-7/h1-5H,(H,13,14,15,16). The molecule has 0 fully saturated rings. The maximum atomic E-state index is 12.0. The zero-order valence-corrected chi connectivity index (χ0v) is 11.3. The SMILES string of the molecule is O=C(Nc1ccnc(Cl)n1)c1cc2sccc2s1. The van der Waals surface area contributed by atoms with E-state index < -0.39 is 0 Å². The van der Waals surface area contributed by atoms with Crippen molar-refractivity contribution in [2.75, 3.05) is 5.32 Å². The van der Waals surface area contributed by atoms with E-state index in [0.29, 0.717) is 10.7 Å². The summed E-state index contributed by atoms with van der Waals surface area (Å²) in [6, 6.07) is 5.48. The highest BCUT2D eigenvalue weighted by Gasteiger charge is 2.11. The maximum Gasteiger partial charge on any atom is 0.266 e. The number of hydrogen-bond acceptors (Lipinski definition) is 5. The molecule has 0 aliphatic heterocycles. The second-order valence-electron chi connectivity index (χ2n) is 3.42. The number of carbonyl (C=O) groups excluding carboxylic acids is 1. The molecule has 0 aliphatic rings. The Hall–Kier alpha value is -1.50. The van der Waals surface area contributed by atoms with Crippen LogP contribution in [-0.2, 0) is 0 Å². The monoisotopic (exact) mass is 295 g/mol. The summed E-state index contributed by atoms with van der Waals surface area (Å²) in [4.78, 5) is 20.3. The number of amides is 1. The zero-order chi connectivity index (χ0) is 12.5. The Bertz CT molecular complexity index is 693. The van der Waals surface area contributed by atoms with E-state index in [-0.39, 0.29) is 11.2 Å². The van der Waals surface area contributed by atoms with Crippen LogP contribution in [0.4, 0.5) is 5.82 Å². The summed E-state index contributed by atoms with van der Waals surface area (Å²) in [5.41, 5.74) is 0. The van der Waals surface area contributed by atoms with Crippen LogP contribution in [0.25, 0.3) is 9.40 Å². The molecule has 0 aliphatic carbocycles. The van der Waals surface area contributed by atoms with E-state index >= 15 is 0 Å². The van der Waals surface area contributed by atoms with Gasteiger partial charge in [0.25, 0.3) is 5.91 Å². The minimum atomic E-state index is -0.182. The van der Waals surface area contributed by atoms with Crippen LogP contribution >= 0.6 is 34.3 Å². The molecule has 0 spiro atoms. The van der Waals surface area contributed by atoms with Gasteiger partial charge in [-0.05, 0) is 35.2 Å². The number of carbonyl (C=O) groups is 1. The van der Waals surface area contributed by atoms with Crippen molar-refractivity contribution in [1.82, 2.24) is 9.97 Å². The smallest absolute Gasteiger partial charge is 0.266 e. The second kappa shape index (κ2) is 4.64. The molecule has 0 radical (unpaired) electrons. The van der Waals surface area contributed by atoms with Gasteiger partial charge < -0.3 is 5.32 Å². The van der Waals surface area contributed by atoms with Gasteiger partial charge in [-0.1, -0.05) is 0 Å². The van der Waals surface area contributed by atoms with Gasteiger partial charge in [-0.2, -0.15) is 0 Å². The van der Waals surface area contributed by atoms with Crippen LogP contribution in [0, 0.1) is 0 Å². The molecular formula is C11H6ClN3OS2. The summed E-state index contributed by atoms with van der Waals surface area (Å²) in [7, 11) is 0. The Morgan fingerprint density at radius 2 is 2.22 bits per heavy atom. The van der Waals surface area contributed by atoms with Gasteiger partial charge in [0.1, 0.15) is 5.82 Å². The summed E-state index contributed by atoms with van der Waals surface area (Å²) in [6.45, 7) is 0. The largest absolute Gasteiger partial charge is 0.306 e. The highest BCUT2D eigenvalue weighted by Crippen LogP contribution is 2.30. The molecule has 90 valence electrons. The van der Waals surface area contributed by atoms with Crippen molar-refractivity contribution in [3.63, 3.8) is 0 Å². The molecule has 7 heteroatoms. The van der Waals surface area contributed by atoms with Crippen LogP contribution in [0.15, 0.2) is 29.8 Å². The summed E-state index contributed by atoms with van der Waals surface area (Å²) in [6.07, 6.45) is 1.50. The topological polar surface area (TPSA) is 54.9 Å². The summed E-state index contributed by atoms with van der Waals surface area (Å²) in [5.74, 6) is 0.218. The van der Waals surface area contributed by atoms with E-state index in [1.807, 2.05) is 17.5 Å². The van der Waals surface area contributed by atoms with Crippen molar-refractivity contribution in [2.45, 2.75) is 0 Å². The third-order valence-electron chi connectivity index (χ3n) is 2.23. The van der Waals surface area contributed by atoms with E-state index in [0.717, 1.165) is 9.40 Å². The third kappa shape index (κ3) is 2.22. The fourth-order valence-electron chi connectivity index (χ4n) is 1.46. The first-order chi connectivity index (χ1) is 8.72. The molecular weight excluding hydrogens is 290 g/mol. The number of nitrogens with zero attached hydrogens (tertiary/aromatic N) is 2. The van der Waals surface area contributed by atoms with E-state index in [4.69, 9.17) is 11.6 Å². The summed E-state index contributed by atoms with van der Waals surface area (Å²) in [5, 5.41) is 4.81. The Morgan fingerprint density at radius 3 is 3.00 bits per heavy atom. The van der Waals surface area contributed by atoms with Gasteiger partial charge in [0, 0.05) is 15.6 Å². The Kier molecular flexibility index (Phi) is 2.99. The molecule has 0 bridgehead atoms. The summed E-state index contributed by atoms with van der Waals surface area (Å²) < 4.78 is 2.23. The number of hydrogen-bond donors (Lipinski definition) is 1. The zero-order valence-electron chi connectivity index (χ0n) is 8.88. The van der Waals surface area contributed by atoms with Crippen molar-refractivity contribution >= 4 is 55.4 Å². The number of halogens is 1. The minimum Gasteiger partial charge on any atom is -0.306 e. The quantitative estimate of drug-likeness (QED) is 0.734. The predicted octanol–water partition coefficient (Wildman–Crippen LogP) is 3.66. The molecule has 0 aromatic carbocycles.